The van der Waals surface area contributed by atoms with Gasteiger partial charge >= 0.3 is 0 Å². The molecule has 128 valence electrons. The number of aromatic nitrogens is 2. The minimum Gasteiger partial charge on any atom is -0.352 e. The van der Waals surface area contributed by atoms with Crippen molar-refractivity contribution in [3.05, 3.63) is 71.4 Å². The normalized spacial score (nSPS) is 10.6. The van der Waals surface area contributed by atoms with E-state index in [1.807, 2.05) is 54.6 Å². The summed E-state index contributed by atoms with van der Waals surface area (Å²) in [7, 11) is 0. The number of rotatable bonds is 7. The molecule has 0 saturated carbocycles. The molecule has 0 radical (unpaired) electrons. The monoisotopic (exact) mass is 371 g/mol. The number of hydrogen-bond acceptors (Lipinski definition) is 3. The smallest absolute Gasteiger partial charge is 0.221 e. The third kappa shape index (κ3) is 5.37. The van der Waals surface area contributed by atoms with E-state index in [1.54, 1.807) is 18.0 Å². The highest BCUT2D eigenvalue weighted by Gasteiger charge is 2.04. The third-order valence-corrected chi connectivity index (χ3v) is 4.93. The first kappa shape index (κ1) is 17.6. The molecule has 0 unspecified atom stereocenters. The van der Waals surface area contributed by atoms with E-state index < -0.39 is 0 Å². The maximum Gasteiger partial charge on any atom is 0.221 e. The first-order valence-corrected chi connectivity index (χ1v) is 9.31. The summed E-state index contributed by atoms with van der Waals surface area (Å²) < 4.78 is 0. The molecule has 1 aromatic heterocycles. The van der Waals surface area contributed by atoms with E-state index in [2.05, 4.69) is 15.5 Å². The predicted molar refractivity (Wildman–Crippen MR) is 103 cm³/mol. The Morgan fingerprint density at radius 2 is 1.84 bits per heavy atom. The summed E-state index contributed by atoms with van der Waals surface area (Å²) in [4.78, 5) is 13.1. The topological polar surface area (TPSA) is 57.8 Å². The molecule has 0 aliphatic rings. The molecule has 0 aliphatic carbocycles. The predicted octanol–water partition coefficient (Wildman–Crippen LogP) is 4.53. The average Bonchev–Trinajstić information content (AvgIpc) is 3.17. The molecule has 6 heteroatoms. The Labute approximate surface area is 156 Å². The van der Waals surface area contributed by atoms with Crippen LogP contribution in [0, 0.1) is 0 Å². The zero-order valence-corrected chi connectivity index (χ0v) is 15.1. The third-order valence-electron chi connectivity index (χ3n) is 3.67. The molecule has 0 atom stereocenters. The van der Waals surface area contributed by atoms with Gasteiger partial charge in [-0.1, -0.05) is 35.9 Å². The van der Waals surface area contributed by atoms with E-state index in [0.29, 0.717) is 13.0 Å². The van der Waals surface area contributed by atoms with Crippen LogP contribution in [0.15, 0.2) is 65.7 Å². The van der Waals surface area contributed by atoms with Gasteiger partial charge in [0.1, 0.15) is 0 Å². The molecule has 0 bridgehead atoms. The molecular formula is C19H18ClN3OS. The number of amides is 1. The first-order valence-electron chi connectivity index (χ1n) is 7.94. The molecule has 4 nitrogen and oxygen atoms in total. The van der Waals surface area contributed by atoms with Crippen LogP contribution in [0.3, 0.4) is 0 Å². The molecule has 1 heterocycles. The molecule has 0 spiro atoms. The van der Waals surface area contributed by atoms with Crippen molar-refractivity contribution in [2.75, 3.05) is 5.75 Å². The molecule has 2 aromatic carbocycles. The first-order chi connectivity index (χ1) is 12.2. The van der Waals surface area contributed by atoms with E-state index in [1.165, 1.54) is 0 Å². The van der Waals surface area contributed by atoms with E-state index in [4.69, 9.17) is 11.6 Å². The fourth-order valence-electron chi connectivity index (χ4n) is 2.30. The molecule has 3 rings (SSSR count). The number of nitrogens with zero attached hydrogens (tertiary/aromatic N) is 1. The molecule has 0 saturated heterocycles. The molecule has 0 fully saturated rings. The molecular weight excluding hydrogens is 354 g/mol. The Kier molecular flexibility index (Phi) is 6.14. The van der Waals surface area contributed by atoms with Crippen molar-refractivity contribution in [2.24, 2.45) is 0 Å². The van der Waals surface area contributed by atoms with Gasteiger partial charge in [-0.25, -0.2) is 0 Å². The van der Waals surface area contributed by atoms with Crippen LogP contribution in [-0.4, -0.2) is 21.9 Å². The van der Waals surface area contributed by atoms with Crippen LogP contribution in [0.4, 0.5) is 0 Å². The standard InChI is InChI=1S/C19H18ClN3OS/c20-16-5-7-17(8-6-16)25-12-10-19(24)21-13-14-1-3-15(4-2-14)18-9-11-22-23-18/h1-9,11H,10,12-13H2,(H,21,24)(H,22,23). The van der Waals surface area contributed by atoms with Crippen molar-refractivity contribution in [1.29, 1.82) is 0 Å². The molecule has 1 amide bonds. The van der Waals surface area contributed by atoms with Crippen LogP contribution in [0.5, 0.6) is 0 Å². The highest BCUT2D eigenvalue weighted by atomic mass is 35.5. The number of H-pyrrole nitrogens is 1. The summed E-state index contributed by atoms with van der Waals surface area (Å²) in [5, 5.41) is 10.6. The second-order valence-electron chi connectivity index (χ2n) is 5.50. The van der Waals surface area contributed by atoms with Crippen molar-refractivity contribution < 1.29 is 4.79 Å². The summed E-state index contributed by atoms with van der Waals surface area (Å²) >= 11 is 7.51. The van der Waals surface area contributed by atoms with Gasteiger partial charge in [0.25, 0.3) is 0 Å². The number of benzene rings is 2. The van der Waals surface area contributed by atoms with Crippen LogP contribution in [0.1, 0.15) is 12.0 Å². The van der Waals surface area contributed by atoms with Crippen molar-refractivity contribution >= 4 is 29.3 Å². The van der Waals surface area contributed by atoms with Gasteiger partial charge in [0.05, 0.1) is 5.69 Å². The van der Waals surface area contributed by atoms with Crippen LogP contribution < -0.4 is 5.32 Å². The SMILES string of the molecule is O=C(CCSc1ccc(Cl)cc1)NCc1ccc(-c2ccn[nH]2)cc1. The Morgan fingerprint density at radius 3 is 2.52 bits per heavy atom. The Hall–Kier alpha value is -2.24. The molecule has 3 aromatic rings. The Bertz CT molecular complexity index is 802. The van der Waals surface area contributed by atoms with Crippen molar-refractivity contribution in [1.82, 2.24) is 15.5 Å². The summed E-state index contributed by atoms with van der Waals surface area (Å²) in [6, 6.07) is 17.6. The zero-order valence-electron chi connectivity index (χ0n) is 13.5. The minimum absolute atomic E-state index is 0.0547. The van der Waals surface area contributed by atoms with Crippen molar-refractivity contribution in [2.45, 2.75) is 17.9 Å². The van der Waals surface area contributed by atoms with Gasteiger partial charge in [0.15, 0.2) is 0 Å². The minimum atomic E-state index is 0.0547. The van der Waals surface area contributed by atoms with E-state index in [0.717, 1.165) is 32.5 Å². The van der Waals surface area contributed by atoms with Gasteiger partial charge < -0.3 is 5.32 Å². The van der Waals surface area contributed by atoms with Gasteiger partial charge in [-0.3, -0.25) is 9.89 Å². The van der Waals surface area contributed by atoms with Crippen LogP contribution in [-0.2, 0) is 11.3 Å². The molecule has 2 N–H and O–H groups in total. The number of carbonyl (C=O) groups is 1. The average molecular weight is 372 g/mol. The summed E-state index contributed by atoms with van der Waals surface area (Å²) in [5.74, 6) is 0.797. The zero-order chi connectivity index (χ0) is 17.5. The van der Waals surface area contributed by atoms with Gasteiger partial charge in [0, 0.05) is 34.8 Å². The summed E-state index contributed by atoms with van der Waals surface area (Å²) in [5.41, 5.74) is 3.13. The van der Waals surface area contributed by atoms with Crippen LogP contribution >= 0.6 is 23.4 Å². The number of carbonyl (C=O) groups excluding carboxylic acids is 1. The number of aromatic amines is 1. The highest BCUT2D eigenvalue weighted by Crippen LogP contribution is 2.21. The number of halogens is 1. The Balaban J connectivity index is 1.40. The molecule has 0 aliphatic heterocycles. The fourth-order valence-corrected chi connectivity index (χ4v) is 3.28. The number of hydrogen-bond donors (Lipinski definition) is 2. The van der Waals surface area contributed by atoms with Gasteiger partial charge in [-0.2, -0.15) is 5.10 Å². The maximum atomic E-state index is 12.0. The lowest BCUT2D eigenvalue weighted by Gasteiger charge is -2.06. The van der Waals surface area contributed by atoms with Gasteiger partial charge in [-0.05, 0) is 41.5 Å². The fraction of sp³-hybridized carbons (Fsp3) is 0.158. The van der Waals surface area contributed by atoms with Crippen LogP contribution in [0.25, 0.3) is 11.3 Å². The number of thioether (sulfide) groups is 1. The number of nitrogens with one attached hydrogen (secondary N) is 2. The van der Waals surface area contributed by atoms with Crippen molar-refractivity contribution in [3.8, 4) is 11.3 Å². The second kappa shape index (κ2) is 8.74. The van der Waals surface area contributed by atoms with E-state index >= 15 is 0 Å². The second-order valence-corrected chi connectivity index (χ2v) is 7.10. The molecule has 25 heavy (non-hydrogen) atoms. The lowest BCUT2D eigenvalue weighted by Crippen LogP contribution is -2.22. The van der Waals surface area contributed by atoms with Gasteiger partial charge in [-0.15, -0.1) is 11.8 Å². The van der Waals surface area contributed by atoms with E-state index in [-0.39, 0.29) is 5.91 Å². The van der Waals surface area contributed by atoms with Gasteiger partial charge in [0.2, 0.25) is 5.91 Å². The van der Waals surface area contributed by atoms with Crippen molar-refractivity contribution in [3.63, 3.8) is 0 Å². The maximum absolute atomic E-state index is 12.0. The lowest BCUT2D eigenvalue weighted by molar-refractivity contribution is -0.120. The quantitative estimate of drug-likeness (QED) is 0.600. The summed E-state index contributed by atoms with van der Waals surface area (Å²) in [6.45, 7) is 0.535. The van der Waals surface area contributed by atoms with Crippen LogP contribution in [0.2, 0.25) is 5.02 Å². The largest absolute Gasteiger partial charge is 0.352 e. The highest BCUT2D eigenvalue weighted by molar-refractivity contribution is 7.99. The Morgan fingerprint density at radius 1 is 1.08 bits per heavy atom. The van der Waals surface area contributed by atoms with E-state index in [9.17, 15) is 4.79 Å². The summed E-state index contributed by atoms with van der Waals surface area (Å²) in [6.07, 6.45) is 2.21. The lowest BCUT2D eigenvalue weighted by atomic mass is 10.1.